The molecule has 0 amide bonds. The zero-order valence-electron chi connectivity index (χ0n) is 17.5. The average molecular weight is 524 g/mol. The average Bonchev–Trinajstić information content (AvgIpc) is 3.10. The first kappa shape index (κ1) is 22.9. The molecule has 0 aliphatic carbocycles. The Morgan fingerprint density at radius 2 is 1.94 bits per heavy atom. The summed E-state index contributed by atoms with van der Waals surface area (Å²) < 4.78 is 51.6. The lowest BCUT2D eigenvalue weighted by Crippen LogP contribution is -2.28. The molecule has 0 atom stereocenters. The summed E-state index contributed by atoms with van der Waals surface area (Å²) in [6, 6.07) is 14.1. The standard InChI is InChI=1S/C22H23BrFN3O4S/c1-30-12-11-26(14-16-6-8-17(23)9-7-16)15-20-18-10-13-32(28,29)31-22(18)27(25-20)21-5-3-2-4-19(21)24/h2-9H,10-15H2,1H3. The van der Waals surface area contributed by atoms with Crippen molar-refractivity contribution in [1.82, 2.24) is 14.7 Å². The molecule has 1 aliphatic heterocycles. The minimum Gasteiger partial charge on any atom is -0.383 e. The summed E-state index contributed by atoms with van der Waals surface area (Å²) in [5.74, 6) is -0.588. The molecule has 0 fully saturated rings. The number of hydrogen-bond acceptors (Lipinski definition) is 6. The molecular formula is C22H23BrFN3O4S. The van der Waals surface area contributed by atoms with Gasteiger partial charge in [-0.3, -0.25) is 4.90 Å². The summed E-state index contributed by atoms with van der Waals surface area (Å²) in [5.41, 5.74) is 2.60. The van der Waals surface area contributed by atoms with E-state index in [4.69, 9.17) is 8.92 Å². The third-order valence-electron chi connectivity index (χ3n) is 5.21. The number of ether oxygens (including phenoxy) is 1. The topological polar surface area (TPSA) is 73.7 Å². The molecule has 170 valence electrons. The third-order valence-corrected chi connectivity index (χ3v) is 6.86. The first-order valence-electron chi connectivity index (χ1n) is 10.1. The Labute approximate surface area is 195 Å². The number of rotatable bonds is 8. The number of para-hydroxylation sites is 1. The van der Waals surface area contributed by atoms with Crippen LogP contribution < -0.4 is 4.18 Å². The highest BCUT2D eigenvalue weighted by molar-refractivity contribution is 9.10. The molecule has 1 aliphatic rings. The second kappa shape index (κ2) is 9.70. The summed E-state index contributed by atoms with van der Waals surface area (Å²) in [6.07, 6.45) is 0.262. The van der Waals surface area contributed by atoms with Gasteiger partial charge in [-0.1, -0.05) is 40.2 Å². The molecule has 0 saturated carbocycles. The van der Waals surface area contributed by atoms with Crippen LogP contribution in [0.1, 0.15) is 16.8 Å². The fraction of sp³-hybridized carbons (Fsp3) is 0.318. The summed E-state index contributed by atoms with van der Waals surface area (Å²) in [7, 11) is -2.10. The van der Waals surface area contributed by atoms with E-state index in [1.165, 1.54) is 10.7 Å². The lowest BCUT2D eigenvalue weighted by molar-refractivity contribution is 0.139. The molecule has 0 bridgehead atoms. The highest BCUT2D eigenvalue weighted by Crippen LogP contribution is 2.33. The van der Waals surface area contributed by atoms with Gasteiger partial charge < -0.3 is 8.92 Å². The van der Waals surface area contributed by atoms with Crippen LogP contribution >= 0.6 is 15.9 Å². The number of nitrogens with zero attached hydrogens (tertiary/aromatic N) is 3. The molecule has 2 aromatic carbocycles. The normalized spacial score (nSPS) is 14.9. The van der Waals surface area contributed by atoms with Crippen LogP contribution in [0.5, 0.6) is 5.88 Å². The van der Waals surface area contributed by atoms with Crippen LogP contribution in [0.3, 0.4) is 0 Å². The molecule has 0 radical (unpaired) electrons. The van der Waals surface area contributed by atoms with E-state index in [2.05, 4.69) is 25.9 Å². The van der Waals surface area contributed by atoms with E-state index in [-0.39, 0.29) is 23.7 Å². The molecule has 32 heavy (non-hydrogen) atoms. The van der Waals surface area contributed by atoms with Gasteiger partial charge in [-0.2, -0.15) is 18.2 Å². The van der Waals surface area contributed by atoms with Gasteiger partial charge in [0.15, 0.2) is 0 Å². The van der Waals surface area contributed by atoms with Crippen LogP contribution in [0, 0.1) is 5.82 Å². The van der Waals surface area contributed by atoms with Crippen molar-refractivity contribution in [2.45, 2.75) is 19.5 Å². The summed E-state index contributed by atoms with van der Waals surface area (Å²) >= 11 is 3.45. The van der Waals surface area contributed by atoms with Gasteiger partial charge in [0.1, 0.15) is 11.5 Å². The Morgan fingerprint density at radius 3 is 2.66 bits per heavy atom. The number of benzene rings is 2. The minimum atomic E-state index is -3.74. The Morgan fingerprint density at radius 1 is 1.19 bits per heavy atom. The highest BCUT2D eigenvalue weighted by Gasteiger charge is 2.32. The van der Waals surface area contributed by atoms with Crippen LogP contribution in [-0.2, 0) is 34.4 Å². The molecule has 0 N–H and O–H groups in total. The predicted molar refractivity (Wildman–Crippen MR) is 122 cm³/mol. The lowest BCUT2D eigenvalue weighted by Gasteiger charge is -2.22. The van der Waals surface area contributed by atoms with Gasteiger partial charge in [0.05, 0.1) is 18.1 Å². The van der Waals surface area contributed by atoms with Crippen molar-refractivity contribution in [1.29, 1.82) is 0 Å². The number of fused-ring (bicyclic) bond motifs is 1. The molecule has 10 heteroatoms. The Hall–Kier alpha value is -2.27. The number of methoxy groups -OCH3 is 1. The zero-order valence-corrected chi connectivity index (χ0v) is 19.9. The summed E-state index contributed by atoms with van der Waals surface area (Å²) in [6.45, 7) is 2.26. The molecule has 4 rings (SSSR count). The first-order chi connectivity index (χ1) is 15.4. The fourth-order valence-corrected chi connectivity index (χ4v) is 4.83. The van der Waals surface area contributed by atoms with Gasteiger partial charge in [-0.15, -0.1) is 0 Å². The summed E-state index contributed by atoms with van der Waals surface area (Å²) in [5, 5.41) is 4.59. The van der Waals surface area contributed by atoms with Gasteiger partial charge in [0, 0.05) is 36.8 Å². The van der Waals surface area contributed by atoms with E-state index in [9.17, 15) is 12.8 Å². The Bertz CT molecular complexity index is 1200. The van der Waals surface area contributed by atoms with Crippen LogP contribution in [0.25, 0.3) is 5.69 Å². The van der Waals surface area contributed by atoms with Crippen LogP contribution in [-0.4, -0.2) is 49.1 Å². The van der Waals surface area contributed by atoms with E-state index >= 15 is 0 Å². The third kappa shape index (κ3) is 5.20. The van der Waals surface area contributed by atoms with Gasteiger partial charge >= 0.3 is 10.1 Å². The largest absolute Gasteiger partial charge is 0.383 e. The zero-order chi connectivity index (χ0) is 22.7. The molecule has 3 aromatic rings. The lowest BCUT2D eigenvalue weighted by atomic mass is 10.1. The Balaban J connectivity index is 1.69. The van der Waals surface area contributed by atoms with Gasteiger partial charge in [0.2, 0.25) is 5.88 Å². The van der Waals surface area contributed by atoms with Crippen molar-refractivity contribution in [2.75, 3.05) is 26.0 Å². The van der Waals surface area contributed by atoms with E-state index < -0.39 is 15.9 Å². The summed E-state index contributed by atoms with van der Waals surface area (Å²) in [4.78, 5) is 2.16. The van der Waals surface area contributed by atoms with Crippen LogP contribution in [0.2, 0.25) is 0 Å². The monoisotopic (exact) mass is 523 g/mol. The second-order valence-corrected chi connectivity index (χ2v) is 10.1. The maximum Gasteiger partial charge on any atom is 0.311 e. The smallest absolute Gasteiger partial charge is 0.311 e. The Kier molecular flexibility index (Phi) is 6.94. The van der Waals surface area contributed by atoms with Gasteiger partial charge in [-0.25, -0.2) is 4.39 Å². The number of hydrogen-bond donors (Lipinski definition) is 0. The van der Waals surface area contributed by atoms with Crippen molar-refractivity contribution in [3.8, 4) is 11.6 Å². The number of halogens is 2. The minimum absolute atomic E-state index is 0.0617. The molecule has 0 unspecified atom stereocenters. The van der Waals surface area contributed by atoms with Crippen molar-refractivity contribution in [3.05, 3.63) is 75.6 Å². The van der Waals surface area contributed by atoms with Crippen LogP contribution in [0.4, 0.5) is 4.39 Å². The molecule has 7 nitrogen and oxygen atoms in total. The molecule has 1 aromatic heterocycles. The van der Waals surface area contributed by atoms with E-state index in [0.29, 0.717) is 37.5 Å². The van der Waals surface area contributed by atoms with Crippen molar-refractivity contribution in [3.63, 3.8) is 0 Å². The van der Waals surface area contributed by atoms with Gasteiger partial charge in [0.25, 0.3) is 0 Å². The maximum atomic E-state index is 14.5. The molecular weight excluding hydrogens is 501 g/mol. The number of aromatic nitrogens is 2. The van der Waals surface area contributed by atoms with Crippen molar-refractivity contribution >= 4 is 26.0 Å². The quantitative estimate of drug-likeness (QED) is 0.419. The van der Waals surface area contributed by atoms with E-state index in [0.717, 1.165) is 10.0 Å². The van der Waals surface area contributed by atoms with E-state index in [1.807, 2.05) is 24.3 Å². The molecule has 0 spiro atoms. The van der Waals surface area contributed by atoms with Crippen molar-refractivity contribution in [2.24, 2.45) is 0 Å². The molecule has 2 heterocycles. The maximum absolute atomic E-state index is 14.5. The molecule has 0 saturated heterocycles. The van der Waals surface area contributed by atoms with Gasteiger partial charge in [-0.05, 0) is 36.2 Å². The first-order valence-corrected chi connectivity index (χ1v) is 12.5. The predicted octanol–water partition coefficient (Wildman–Crippen LogP) is 3.69. The fourth-order valence-electron chi connectivity index (χ4n) is 3.61. The highest BCUT2D eigenvalue weighted by atomic mass is 79.9. The van der Waals surface area contributed by atoms with E-state index in [1.54, 1.807) is 25.3 Å². The second-order valence-electron chi connectivity index (χ2n) is 7.52. The van der Waals surface area contributed by atoms with Crippen molar-refractivity contribution < 1.29 is 21.7 Å². The van der Waals surface area contributed by atoms with Crippen LogP contribution in [0.15, 0.2) is 53.0 Å². The SMILES string of the molecule is COCCN(Cc1ccc(Br)cc1)Cc1nn(-c2ccccc2F)c2c1CCS(=O)(=O)O2.